The molecular formula is C13H16NO2-. The van der Waals surface area contributed by atoms with Gasteiger partial charge in [0.1, 0.15) is 0 Å². The van der Waals surface area contributed by atoms with Gasteiger partial charge in [-0.2, -0.15) is 0 Å². The van der Waals surface area contributed by atoms with E-state index in [0.29, 0.717) is 6.42 Å². The average Bonchev–Trinajstić information content (AvgIpc) is 2.15. The Kier molecular flexibility index (Phi) is 2.97. The lowest BCUT2D eigenvalue weighted by Gasteiger charge is -2.45. The number of carboxylic acid groups (broad SMARTS) is 1. The maximum atomic E-state index is 10.8. The van der Waals surface area contributed by atoms with Gasteiger partial charge in [-0.1, -0.05) is 29.8 Å². The van der Waals surface area contributed by atoms with Crippen LogP contribution >= 0.6 is 0 Å². The van der Waals surface area contributed by atoms with E-state index in [-0.39, 0.29) is 6.04 Å². The van der Waals surface area contributed by atoms with Crippen molar-refractivity contribution in [3.63, 3.8) is 0 Å². The summed E-state index contributed by atoms with van der Waals surface area (Å²) in [7, 11) is 0. The number of carbonyl (C=O) groups excluding carboxylic acids is 1. The lowest BCUT2D eigenvalue weighted by atomic mass is 9.96. The number of carbonyl (C=O) groups is 1. The Labute approximate surface area is 95.7 Å². The second kappa shape index (κ2) is 4.26. The minimum atomic E-state index is -0.954. The van der Waals surface area contributed by atoms with E-state index in [1.54, 1.807) is 0 Å². The summed E-state index contributed by atoms with van der Waals surface area (Å²) in [6, 6.07) is 7.97. The molecule has 2 unspecified atom stereocenters. The van der Waals surface area contributed by atoms with Crippen LogP contribution in [0.1, 0.15) is 30.5 Å². The van der Waals surface area contributed by atoms with Crippen LogP contribution in [0.2, 0.25) is 0 Å². The summed E-state index contributed by atoms with van der Waals surface area (Å²) in [6.45, 7) is 4.93. The first-order valence-corrected chi connectivity index (χ1v) is 5.63. The molecule has 1 aliphatic rings. The molecule has 1 heterocycles. The van der Waals surface area contributed by atoms with Gasteiger partial charge in [-0.3, -0.25) is 4.90 Å². The van der Waals surface area contributed by atoms with E-state index >= 15 is 0 Å². The summed E-state index contributed by atoms with van der Waals surface area (Å²) in [5.74, 6) is -0.954. The summed E-state index contributed by atoms with van der Waals surface area (Å²) < 4.78 is 0. The Balaban J connectivity index is 2.10. The largest absolute Gasteiger partial charge is 0.548 e. The van der Waals surface area contributed by atoms with Crippen LogP contribution in [0.4, 0.5) is 0 Å². The molecule has 0 saturated carbocycles. The van der Waals surface area contributed by atoms with Crippen molar-refractivity contribution in [3.05, 3.63) is 35.4 Å². The first-order chi connectivity index (χ1) is 7.59. The fraction of sp³-hybridized carbons (Fsp3) is 0.462. The molecule has 1 saturated heterocycles. The number of hydrogen-bond donors (Lipinski definition) is 0. The molecule has 0 spiro atoms. The molecule has 2 rings (SSSR count). The van der Waals surface area contributed by atoms with Crippen LogP contribution in [0.15, 0.2) is 24.3 Å². The van der Waals surface area contributed by atoms with Gasteiger partial charge >= 0.3 is 0 Å². The minimum Gasteiger partial charge on any atom is -0.548 e. The highest BCUT2D eigenvalue weighted by Gasteiger charge is 2.33. The van der Waals surface area contributed by atoms with Crippen molar-refractivity contribution in [2.45, 2.75) is 32.4 Å². The highest BCUT2D eigenvalue weighted by atomic mass is 16.4. The van der Waals surface area contributed by atoms with Gasteiger partial charge in [-0.25, -0.2) is 0 Å². The predicted molar refractivity (Wildman–Crippen MR) is 59.7 cm³/mol. The van der Waals surface area contributed by atoms with Crippen LogP contribution in [0, 0.1) is 6.92 Å². The Bertz CT molecular complexity index is 385. The number of carboxylic acids is 1. The third-order valence-electron chi connectivity index (χ3n) is 3.39. The van der Waals surface area contributed by atoms with Crippen LogP contribution in [-0.2, 0) is 4.79 Å². The van der Waals surface area contributed by atoms with Gasteiger partial charge in [0, 0.05) is 12.6 Å². The van der Waals surface area contributed by atoms with E-state index in [2.05, 4.69) is 24.3 Å². The fourth-order valence-corrected chi connectivity index (χ4v) is 2.16. The van der Waals surface area contributed by atoms with Gasteiger partial charge in [0.2, 0.25) is 0 Å². The van der Waals surface area contributed by atoms with Crippen molar-refractivity contribution in [1.82, 2.24) is 4.90 Å². The second-order valence-electron chi connectivity index (χ2n) is 4.45. The van der Waals surface area contributed by atoms with Gasteiger partial charge in [-0.15, -0.1) is 0 Å². The Hall–Kier alpha value is -1.35. The smallest absolute Gasteiger partial charge is 0.0587 e. The molecule has 2 atom stereocenters. The first kappa shape index (κ1) is 11.1. The van der Waals surface area contributed by atoms with Crippen LogP contribution in [0.5, 0.6) is 0 Å². The molecule has 0 aromatic heterocycles. The summed E-state index contributed by atoms with van der Waals surface area (Å²) in [6.07, 6.45) is 0.707. The number of benzene rings is 1. The molecule has 0 radical (unpaired) electrons. The zero-order valence-electron chi connectivity index (χ0n) is 9.64. The van der Waals surface area contributed by atoms with Crippen molar-refractivity contribution in [2.75, 3.05) is 6.54 Å². The average molecular weight is 218 g/mol. The molecule has 0 bridgehead atoms. The Morgan fingerprint density at radius 1 is 1.44 bits per heavy atom. The summed E-state index contributed by atoms with van der Waals surface area (Å²) in [5.41, 5.74) is 2.38. The number of likely N-dealkylation sites (tertiary alicyclic amines) is 1. The van der Waals surface area contributed by atoms with E-state index in [1.165, 1.54) is 5.56 Å². The quantitative estimate of drug-likeness (QED) is 0.756. The van der Waals surface area contributed by atoms with Crippen LogP contribution in [0.25, 0.3) is 0 Å². The van der Waals surface area contributed by atoms with Crippen molar-refractivity contribution >= 4 is 5.97 Å². The van der Waals surface area contributed by atoms with E-state index in [1.807, 2.05) is 18.7 Å². The standard InChI is InChI=1S/C13H17NO2/c1-9-3-5-11(6-4-9)10(2)14-8-7-12(14)13(15)16/h3-6,10,12H,7-8H2,1-2H3,(H,15,16)/p-1. The van der Waals surface area contributed by atoms with Gasteiger partial charge in [-0.05, 0) is 25.8 Å². The highest BCUT2D eigenvalue weighted by Crippen LogP contribution is 2.29. The van der Waals surface area contributed by atoms with Gasteiger partial charge in [0.15, 0.2) is 0 Å². The van der Waals surface area contributed by atoms with Crippen molar-refractivity contribution < 1.29 is 9.90 Å². The molecule has 3 heteroatoms. The molecule has 16 heavy (non-hydrogen) atoms. The van der Waals surface area contributed by atoms with Crippen LogP contribution in [0.3, 0.4) is 0 Å². The maximum Gasteiger partial charge on any atom is 0.0587 e. The Morgan fingerprint density at radius 2 is 2.06 bits per heavy atom. The summed E-state index contributed by atoms with van der Waals surface area (Å²) in [4.78, 5) is 12.8. The first-order valence-electron chi connectivity index (χ1n) is 5.63. The molecule has 0 aliphatic carbocycles. The van der Waals surface area contributed by atoms with Crippen LogP contribution in [-0.4, -0.2) is 23.5 Å². The molecule has 0 N–H and O–H groups in total. The Morgan fingerprint density at radius 3 is 2.50 bits per heavy atom. The molecule has 1 aliphatic heterocycles. The number of rotatable bonds is 3. The van der Waals surface area contributed by atoms with Crippen molar-refractivity contribution in [2.24, 2.45) is 0 Å². The molecular weight excluding hydrogens is 202 g/mol. The highest BCUT2D eigenvalue weighted by molar-refractivity contribution is 5.72. The van der Waals surface area contributed by atoms with E-state index in [0.717, 1.165) is 12.1 Å². The van der Waals surface area contributed by atoms with Gasteiger partial charge < -0.3 is 9.90 Å². The molecule has 3 nitrogen and oxygen atoms in total. The van der Waals surface area contributed by atoms with Crippen molar-refractivity contribution in [1.29, 1.82) is 0 Å². The van der Waals surface area contributed by atoms with E-state index in [4.69, 9.17) is 0 Å². The second-order valence-corrected chi connectivity index (χ2v) is 4.45. The van der Waals surface area contributed by atoms with E-state index in [9.17, 15) is 9.90 Å². The topological polar surface area (TPSA) is 43.4 Å². The normalized spacial score (nSPS) is 22.5. The molecule has 1 aromatic rings. The third kappa shape index (κ3) is 1.95. The number of aryl methyl sites for hydroxylation is 1. The summed E-state index contributed by atoms with van der Waals surface area (Å²) in [5, 5.41) is 10.8. The van der Waals surface area contributed by atoms with Gasteiger partial charge in [0.25, 0.3) is 0 Å². The summed E-state index contributed by atoms with van der Waals surface area (Å²) >= 11 is 0. The maximum absolute atomic E-state index is 10.8. The fourth-order valence-electron chi connectivity index (χ4n) is 2.16. The zero-order valence-corrected chi connectivity index (χ0v) is 9.64. The molecule has 86 valence electrons. The lowest BCUT2D eigenvalue weighted by molar-refractivity contribution is -0.316. The SMILES string of the molecule is Cc1ccc(C(C)N2CCC2C(=O)[O-])cc1. The number of nitrogens with zero attached hydrogens (tertiary/aromatic N) is 1. The number of aliphatic carboxylic acids is 1. The number of hydrogen-bond acceptors (Lipinski definition) is 3. The predicted octanol–water partition coefficient (Wildman–Crippen LogP) is 0.880. The van der Waals surface area contributed by atoms with E-state index < -0.39 is 12.0 Å². The zero-order chi connectivity index (χ0) is 11.7. The minimum absolute atomic E-state index is 0.150. The monoisotopic (exact) mass is 218 g/mol. The molecule has 1 aromatic carbocycles. The lowest BCUT2D eigenvalue weighted by Crippen LogP contribution is -2.57. The van der Waals surface area contributed by atoms with Crippen molar-refractivity contribution in [3.8, 4) is 0 Å². The molecule has 0 amide bonds. The van der Waals surface area contributed by atoms with Crippen LogP contribution < -0.4 is 5.11 Å². The third-order valence-corrected chi connectivity index (χ3v) is 3.39. The molecule has 1 fully saturated rings. The van der Waals surface area contributed by atoms with Gasteiger partial charge in [0.05, 0.1) is 12.0 Å².